The molecule has 0 heterocycles. The van der Waals surface area contributed by atoms with Gasteiger partial charge in [-0.3, -0.25) is 0 Å². The molecule has 0 unspecified atom stereocenters. The van der Waals surface area contributed by atoms with E-state index in [0.717, 1.165) is 6.42 Å². The Hall–Kier alpha value is 0.656. The van der Waals surface area contributed by atoms with Crippen molar-refractivity contribution in [3.63, 3.8) is 0 Å². The van der Waals surface area contributed by atoms with E-state index in [1.165, 1.54) is 18.4 Å². The van der Waals surface area contributed by atoms with Crippen molar-refractivity contribution >= 4 is 51.4 Å². The molecule has 0 aliphatic carbocycles. The van der Waals surface area contributed by atoms with Crippen molar-refractivity contribution in [1.29, 1.82) is 0 Å². The van der Waals surface area contributed by atoms with Crippen LogP contribution in [-0.4, -0.2) is 56.5 Å². The SMILES string of the molecule is CCCCc1ccc(O)cc1.[KH]. The monoisotopic (exact) mass is 190 g/mol. The summed E-state index contributed by atoms with van der Waals surface area (Å²) < 4.78 is 0. The second-order valence-corrected chi connectivity index (χ2v) is 2.77. The summed E-state index contributed by atoms with van der Waals surface area (Å²) >= 11 is 0. The van der Waals surface area contributed by atoms with Crippen molar-refractivity contribution < 1.29 is 5.11 Å². The Morgan fingerprint density at radius 1 is 1.17 bits per heavy atom. The molecule has 12 heavy (non-hydrogen) atoms. The zero-order chi connectivity index (χ0) is 8.10. The van der Waals surface area contributed by atoms with Crippen LogP contribution in [0.1, 0.15) is 25.3 Å². The van der Waals surface area contributed by atoms with Gasteiger partial charge < -0.3 is 5.11 Å². The maximum atomic E-state index is 8.98. The molecule has 0 fully saturated rings. The molecule has 1 nitrogen and oxygen atoms in total. The molecule has 2 heteroatoms. The Bertz CT molecular complexity index is 206. The molecule has 0 bridgehead atoms. The Kier molecular flexibility index (Phi) is 7.49. The van der Waals surface area contributed by atoms with Gasteiger partial charge in [-0.1, -0.05) is 25.5 Å². The molecule has 1 aromatic rings. The first-order valence-electron chi connectivity index (χ1n) is 4.11. The van der Waals surface area contributed by atoms with E-state index in [0.29, 0.717) is 5.75 Å². The van der Waals surface area contributed by atoms with E-state index < -0.39 is 0 Å². The van der Waals surface area contributed by atoms with Crippen molar-refractivity contribution in [3.8, 4) is 5.75 Å². The minimum atomic E-state index is 0. The second-order valence-electron chi connectivity index (χ2n) is 2.77. The van der Waals surface area contributed by atoms with Crippen LogP contribution >= 0.6 is 0 Å². The molecule has 1 rings (SSSR count). The van der Waals surface area contributed by atoms with E-state index in [1.807, 2.05) is 12.1 Å². The van der Waals surface area contributed by atoms with Gasteiger partial charge in [0, 0.05) is 0 Å². The van der Waals surface area contributed by atoms with Gasteiger partial charge in [-0.2, -0.15) is 0 Å². The molecule has 62 valence electrons. The first kappa shape index (κ1) is 12.7. The zero-order valence-electron chi connectivity index (χ0n) is 6.88. The van der Waals surface area contributed by atoms with Crippen molar-refractivity contribution in [2.24, 2.45) is 0 Å². The first-order valence-corrected chi connectivity index (χ1v) is 4.11. The fraction of sp³-hybridized carbons (Fsp3) is 0.400. The molecule has 1 N–H and O–H groups in total. The van der Waals surface area contributed by atoms with Crippen molar-refractivity contribution in [2.75, 3.05) is 0 Å². The second kappa shape index (κ2) is 7.10. The topological polar surface area (TPSA) is 20.2 Å². The van der Waals surface area contributed by atoms with E-state index >= 15 is 0 Å². The third-order valence-electron chi connectivity index (χ3n) is 1.76. The minimum absolute atomic E-state index is 0. The summed E-state index contributed by atoms with van der Waals surface area (Å²) in [6.45, 7) is 2.18. The van der Waals surface area contributed by atoms with Gasteiger partial charge in [0.25, 0.3) is 0 Å². The molecule has 1 aromatic carbocycles. The number of benzene rings is 1. The van der Waals surface area contributed by atoms with Gasteiger partial charge in [-0.05, 0) is 30.5 Å². The average Bonchev–Trinajstić information content (AvgIpc) is 2.04. The molecule has 0 saturated carbocycles. The fourth-order valence-electron chi connectivity index (χ4n) is 1.04. The van der Waals surface area contributed by atoms with Crippen LogP contribution in [0.15, 0.2) is 24.3 Å². The fourth-order valence-corrected chi connectivity index (χ4v) is 1.04. The first-order chi connectivity index (χ1) is 5.33. The molecular formula is C10H15KO. The van der Waals surface area contributed by atoms with Crippen LogP contribution in [0.3, 0.4) is 0 Å². The van der Waals surface area contributed by atoms with E-state index in [9.17, 15) is 0 Å². The number of aryl methyl sites for hydroxylation is 1. The summed E-state index contributed by atoms with van der Waals surface area (Å²) in [4.78, 5) is 0. The number of hydrogen-bond acceptors (Lipinski definition) is 1. The van der Waals surface area contributed by atoms with Gasteiger partial charge in [-0.25, -0.2) is 0 Å². The average molecular weight is 190 g/mol. The van der Waals surface area contributed by atoms with Gasteiger partial charge in [-0.15, -0.1) is 0 Å². The number of rotatable bonds is 3. The van der Waals surface area contributed by atoms with Gasteiger partial charge in [0.05, 0.1) is 0 Å². The van der Waals surface area contributed by atoms with E-state index in [-0.39, 0.29) is 51.4 Å². The van der Waals surface area contributed by atoms with E-state index in [4.69, 9.17) is 5.11 Å². The molecule has 0 amide bonds. The van der Waals surface area contributed by atoms with Crippen LogP contribution in [0.2, 0.25) is 0 Å². The van der Waals surface area contributed by atoms with E-state index in [2.05, 4.69) is 6.92 Å². The van der Waals surface area contributed by atoms with Gasteiger partial charge in [0.1, 0.15) is 5.75 Å². The van der Waals surface area contributed by atoms with Crippen molar-refractivity contribution in [3.05, 3.63) is 29.8 Å². The standard InChI is InChI=1S/C10H14O.K.H/c1-2-3-4-9-5-7-10(11)8-6-9;;/h5-8,11H,2-4H2,1H3;;. The Balaban J connectivity index is 0.00000121. The van der Waals surface area contributed by atoms with Crippen LogP contribution in [0.25, 0.3) is 0 Å². The summed E-state index contributed by atoms with van der Waals surface area (Å²) in [7, 11) is 0. The maximum absolute atomic E-state index is 8.98. The van der Waals surface area contributed by atoms with Gasteiger partial charge in [0.2, 0.25) is 0 Å². The number of phenolic OH excluding ortho intramolecular Hbond substituents is 1. The summed E-state index contributed by atoms with van der Waals surface area (Å²) in [6.07, 6.45) is 3.57. The molecule has 0 aromatic heterocycles. The number of unbranched alkanes of at least 4 members (excludes halogenated alkanes) is 1. The predicted octanol–water partition coefficient (Wildman–Crippen LogP) is 2.09. The van der Waals surface area contributed by atoms with Crippen LogP contribution in [0, 0.1) is 0 Å². The van der Waals surface area contributed by atoms with Crippen LogP contribution in [0.5, 0.6) is 5.75 Å². The number of hydrogen-bond donors (Lipinski definition) is 1. The van der Waals surface area contributed by atoms with Crippen molar-refractivity contribution in [1.82, 2.24) is 0 Å². The van der Waals surface area contributed by atoms with Gasteiger partial charge >= 0.3 is 51.4 Å². The van der Waals surface area contributed by atoms with Crippen LogP contribution < -0.4 is 0 Å². The summed E-state index contributed by atoms with van der Waals surface area (Å²) in [5, 5.41) is 8.98. The number of aromatic hydroxyl groups is 1. The normalized spacial score (nSPS) is 9.08. The Morgan fingerprint density at radius 2 is 1.75 bits per heavy atom. The van der Waals surface area contributed by atoms with Crippen molar-refractivity contribution in [2.45, 2.75) is 26.2 Å². The molecule has 0 saturated heterocycles. The van der Waals surface area contributed by atoms with E-state index in [1.54, 1.807) is 12.1 Å². The summed E-state index contributed by atoms with van der Waals surface area (Å²) in [5.74, 6) is 0.352. The van der Waals surface area contributed by atoms with Crippen LogP contribution in [-0.2, 0) is 6.42 Å². The molecule has 0 atom stereocenters. The molecular weight excluding hydrogens is 175 g/mol. The van der Waals surface area contributed by atoms with Crippen LogP contribution in [0.4, 0.5) is 0 Å². The summed E-state index contributed by atoms with van der Waals surface area (Å²) in [6, 6.07) is 7.44. The summed E-state index contributed by atoms with van der Waals surface area (Å²) in [5.41, 5.74) is 1.31. The third kappa shape index (κ3) is 4.63. The number of phenols is 1. The Morgan fingerprint density at radius 3 is 2.25 bits per heavy atom. The van der Waals surface area contributed by atoms with Gasteiger partial charge in [0.15, 0.2) is 0 Å². The molecule has 0 aliphatic rings. The predicted molar refractivity (Wildman–Crippen MR) is 53.9 cm³/mol. The molecule has 0 spiro atoms. The third-order valence-corrected chi connectivity index (χ3v) is 1.76. The molecule has 0 radical (unpaired) electrons. The molecule has 0 aliphatic heterocycles. The zero-order valence-corrected chi connectivity index (χ0v) is 6.88. The Labute approximate surface area is 117 Å². The quantitative estimate of drug-likeness (QED) is 0.724.